The van der Waals surface area contributed by atoms with E-state index >= 15 is 0 Å². The second-order valence-electron chi connectivity index (χ2n) is 5.57. The fourth-order valence-electron chi connectivity index (χ4n) is 2.42. The van der Waals surface area contributed by atoms with E-state index in [4.69, 9.17) is 12.2 Å². The first-order valence-electron chi connectivity index (χ1n) is 7.50. The summed E-state index contributed by atoms with van der Waals surface area (Å²) in [6, 6.07) is 7.43. The summed E-state index contributed by atoms with van der Waals surface area (Å²) in [6.07, 6.45) is -3.38. The lowest BCUT2D eigenvalue weighted by Crippen LogP contribution is -2.27. The number of alkyl halides is 3. The molecule has 0 bridgehead atoms. The van der Waals surface area contributed by atoms with Crippen LogP contribution in [0.25, 0.3) is 6.08 Å². The number of non-ortho nitro benzene ring substituents is 1. The highest BCUT2D eigenvalue weighted by molar-refractivity contribution is 8.27. The van der Waals surface area contributed by atoms with Gasteiger partial charge in [0.2, 0.25) is 0 Å². The summed E-state index contributed by atoms with van der Waals surface area (Å²) in [4.78, 5) is 23.8. The largest absolute Gasteiger partial charge is 0.507 e. The number of carbonyl (C=O) groups excluding carboxylic acids is 1. The second kappa shape index (κ2) is 7.24. The number of phenols is 1. The third kappa shape index (κ3) is 3.85. The number of hydrogen-bond donors (Lipinski definition) is 1. The zero-order valence-electron chi connectivity index (χ0n) is 13.6. The molecule has 3 rings (SSSR count). The van der Waals surface area contributed by atoms with Gasteiger partial charge in [-0.2, -0.15) is 13.2 Å². The van der Waals surface area contributed by atoms with Crippen molar-refractivity contribution in [2.24, 2.45) is 0 Å². The van der Waals surface area contributed by atoms with Crippen LogP contribution in [-0.2, 0) is 11.0 Å². The van der Waals surface area contributed by atoms with Gasteiger partial charge in [-0.1, -0.05) is 30.0 Å². The SMILES string of the molecule is O=C1/C(=C\c2cc([N+](=O)[O-])ccc2O)SC(=S)N1c1cccc(C(F)(F)F)c1. The molecule has 1 N–H and O–H groups in total. The van der Waals surface area contributed by atoms with Crippen LogP contribution in [0.3, 0.4) is 0 Å². The number of nitrogens with zero attached hydrogens (tertiary/aromatic N) is 2. The first kappa shape index (κ1) is 19.8. The van der Waals surface area contributed by atoms with Crippen molar-refractivity contribution in [2.45, 2.75) is 6.18 Å². The number of thioether (sulfide) groups is 1. The van der Waals surface area contributed by atoms with E-state index in [1.807, 2.05) is 0 Å². The molecule has 0 atom stereocenters. The molecule has 1 aliphatic rings. The van der Waals surface area contributed by atoms with Crippen molar-refractivity contribution in [3.63, 3.8) is 0 Å². The Bertz CT molecular complexity index is 1040. The van der Waals surface area contributed by atoms with Crippen LogP contribution in [0.4, 0.5) is 24.5 Å². The van der Waals surface area contributed by atoms with Gasteiger partial charge in [-0.05, 0) is 30.3 Å². The van der Waals surface area contributed by atoms with E-state index in [0.29, 0.717) is 0 Å². The van der Waals surface area contributed by atoms with Crippen LogP contribution in [0.2, 0.25) is 0 Å². The summed E-state index contributed by atoms with van der Waals surface area (Å²) in [6.45, 7) is 0. The van der Waals surface area contributed by atoms with Crippen LogP contribution >= 0.6 is 24.0 Å². The van der Waals surface area contributed by atoms with Gasteiger partial charge in [0.25, 0.3) is 11.6 Å². The first-order valence-corrected chi connectivity index (χ1v) is 8.73. The van der Waals surface area contributed by atoms with Gasteiger partial charge in [-0.3, -0.25) is 19.8 Å². The number of nitro groups is 1. The Kier molecular flexibility index (Phi) is 5.13. The van der Waals surface area contributed by atoms with E-state index in [2.05, 4.69) is 0 Å². The molecule has 144 valence electrons. The topological polar surface area (TPSA) is 83.7 Å². The molecule has 11 heteroatoms. The van der Waals surface area contributed by atoms with Crippen molar-refractivity contribution in [2.75, 3.05) is 4.90 Å². The molecule has 1 fully saturated rings. The fourth-order valence-corrected chi connectivity index (χ4v) is 3.71. The van der Waals surface area contributed by atoms with Crippen molar-refractivity contribution in [1.82, 2.24) is 0 Å². The van der Waals surface area contributed by atoms with Crippen molar-refractivity contribution in [3.8, 4) is 5.75 Å². The Labute approximate surface area is 165 Å². The maximum Gasteiger partial charge on any atom is 0.416 e. The average molecular weight is 426 g/mol. The Hall–Kier alpha value is -2.92. The zero-order chi connectivity index (χ0) is 20.6. The lowest BCUT2D eigenvalue weighted by molar-refractivity contribution is -0.384. The Morgan fingerprint density at radius 1 is 1.21 bits per heavy atom. The lowest BCUT2D eigenvalue weighted by Gasteiger charge is -2.16. The zero-order valence-corrected chi connectivity index (χ0v) is 15.3. The third-order valence-electron chi connectivity index (χ3n) is 3.73. The van der Waals surface area contributed by atoms with Crippen molar-refractivity contribution >= 4 is 51.7 Å². The van der Waals surface area contributed by atoms with Crippen molar-refractivity contribution in [3.05, 3.63) is 68.6 Å². The summed E-state index contributed by atoms with van der Waals surface area (Å²) in [7, 11) is 0. The minimum absolute atomic E-state index is 0.000458. The molecule has 0 aromatic heterocycles. The molecule has 0 unspecified atom stereocenters. The van der Waals surface area contributed by atoms with Crippen LogP contribution in [0.5, 0.6) is 5.75 Å². The minimum Gasteiger partial charge on any atom is -0.507 e. The molecule has 2 aromatic rings. The fraction of sp³-hybridized carbons (Fsp3) is 0.0588. The van der Waals surface area contributed by atoms with Gasteiger partial charge < -0.3 is 5.11 Å². The van der Waals surface area contributed by atoms with E-state index < -0.39 is 22.6 Å². The summed E-state index contributed by atoms with van der Waals surface area (Å²) in [5.74, 6) is -0.991. The number of aromatic hydroxyl groups is 1. The highest BCUT2D eigenvalue weighted by Gasteiger charge is 2.36. The molecule has 28 heavy (non-hydrogen) atoms. The summed E-state index contributed by atoms with van der Waals surface area (Å²) in [5.41, 5.74) is -1.26. The highest BCUT2D eigenvalue weighted by Crippen LogP contribution is 2.39. The number of carbonyl (C=O) groups is 1. The molecule has 0 saturated carbocycles. The van der Waals surface area contributed by atoms with Gasteiger partial charge >= 0.3 is 6.18 Å². The Balaban J connectivity index is 1.98. The number of anilines is 1. The van der Waals surface area contributed by atoms with Gasteiger partial charge in [0, 0.05) is 17.7 Å². The maximum absolute atomic E-state index is 12.9. The van der Waals surface area contributed by atoms with Crippen molar-refractivity contribution in [1.29, 1.82) is 0 Å². The molecule has 1 saturated heterocycles. The summed E-state index contributed by atoms with van der Waals surface area (Å²) in [5, 5.41) is 20.8. The average Bonchev–Trinajstić information content (AvgIpc) is 2.89. The molecular weight excluding hydrogens is 417 g/mol. The van der Waals surface area contributed by atoms with Gasteiger partial charge in [-0.25, -0.2) is 0 Å². The summed E-state index contributed by atoms with van der Waals surface area (Å²) >= 11 is 5.92. The number of benzene rings is 2. The molecule has 1 aliphatic heterocycles. The summed E-state index contributed by atoms with van der Waals surface area (Å²) < 4.78 is 38.8. The minimum atomic E-state index is -4.58. The molecule has 0 spiro atoms. The number of thiocarbonyl (C=S) groups is 1. The Morgan fingerprint density at radius 3 is 2.57 bits per heavy atom. The second-order valence-corrected chi connectivity index (χ2v) is 7.24. The van der Waals surface area contributed by atoms with E-state index in [0.717, 1.165) is 53.1 Å². The molecule has 2 aromatic carbocycles. The van der Waals surface area contributed by atoms with E-state index in [9.17, 15) is 33.2 Å². The molecule has 1 amide bonds. The number of nitro benzene ring substituents is 1. The number of halogens is 3. The van der Waals surface area contributed by atoms with Gasteiger partial charge in [0.15, 0.2) is 4.32 Å². The quantitative estimate of drug-likeness (QED) is 0.331. The van der Waals surface area contributed by atoms with Crippen LogP contribution in [0.1, 0.15) is 11.1 Å². The van der Waals surface area contributed by atoms with Crippen LogP contribution in [0, 0.1) is 10.1 Å². The smallest absolute Gasteiger partial charge is 0.416 e. The van der Waals surface area contributed by atoms with E-state index in [-0.39, 0.29) is 31.9 Å². The predicted molar refractivity (Wildman–Crippen MR) is 102 cm³/mol. The van der Waals surface area contributed by atoms with Gasteiger partial charge in [0.05, 0.1) is 21.1 Å². The van der Waals surface area contributed by atoms with Crippen LogP contribution < -0.4 is 4.90 Å². The van der Waals surface area contributed by atoms with Crippen molar-refractivity contribution < 1.29 is 28.0 Å². The van der Waals surface area contributed by atoms with E-state index in [1.54, 1.807) is 0 Å². The Morgan fingerprint density at radius 2 is 1.93 bits per heavy atom. The monoisotopic (exact) mass is 426 g/mol. The third-order valence-corrected chi connectivity index (χ3v) is 5.04. The van der Waals surface area contributed by atoms with E-state index in [1.165, 1.54) is 12.1 Å². The molecule has 6 nitrogen and oxygen atoms in total. The number of amides is 1. The van der Waals surface area contributed by atoms with Crippen LogP contribution in [-0.4, -0.2) is 20.3 Å². The van der Waals surface area contributed by atoms with Gasteiger partial charge in [-0.15, -0.1) is 0 Å². The number of phenolic OH excluding ortho intramolecular Hbond substituents is 1. The molecule has 1 heterocycles. The first-order chi connectivity index (χ1) is 13.1. The number of hydrogen-bond acceptors (Lipinski definition) is 6. The normalized spacial score (nSPS) is 16.1. The maximum atomic E-state index is 12.9. The highest BCUT2D eigenvalue weighted by atomic mass is 32.2. The molecule has 0 aliphatic carbocycles. The molecule has 0 radical (unpaired) electrons. The molecular formula is C17H9F3N2O4S2. The predicted octanol–water partition coefficient (Wildman–Crippen LogP) is 4.73. The van der Waals surface area contributed by atoms with Crippen LogP contribution in [0.15, 0.2) is 47.4 Å². The number of rotatable bonds is 3. The standard InChI is InChI=1S/C17H9F3N2O4S2/c18-17(19,20)10-2-1-3-11(8-10)21-15(24)14(28-16(21)27)7-9-6-12(22(25)26)4-5-13(9)23/h1-8,23H/b14-7+. The van der Waals surface area contributed by atoms with Gasteiger partial charge in [0.1, 0.15) is 5.75 Å². The lowest BCUT2D eigenvalue weighted by atomic mass is 10.1.